The number of guanidine groups is 1. The molecule has 2 rings (SSSR count). The number of anilines is 1. The lowest BCUT2D eigenvalue weighted by Crippen LogP contribution is -2.36. The smallest absolute Gasteiger partial charge is 0.227 e. The third kappa shape index (κ3) is 7.49. The third-order valence-electron chi connectivity index (χ3n) is 4.64. The van der Waals surface area contributed by atoms with Crippen molar-refractivity contribution in [1.29, 1.82) is 0 Å². The predicted octanol–water partition coefficient (Wildman–Crippen LogP) is 3.94. The van der Waals surface area contributed by atoms with Crippen LogP contribution in [0.3, 0.4) is 0 Å². The van der Waals surface area contributed by atoms with Gasteiger partial charge in [0, 0.05) is 24.7 Å². The highest BCUT2D eigenvalue weighted by Crippen LogP contribution is 2.14. The summed E-state index contributed by atoms with van der Waals surface area (Å²) < 4.78 is 5.19. The zero-order chi connectivity index (χ0) is 21.1. The van der Waals surface area contributed by atoms with Gasteiger partial charge in [-0.25, -0.2) is 4.99 Å². The molecule has 0 spiro atoms. The summed E-state index contributed by atoms with van der Waals surface area (Å²) in [5.74, 6) is 1.63. The van der Waals surface area contributed by atoms with Crippen LogP contribution in [0.5, 0.6) is 5.75 Å². The van der Waals surface area contributed by atoms with Gasteiger partial charge in [0.1, 0.15) is 5.75 Å². The van der Waals surface area contributed by atoms with Gasteiger partial charge < -0.3 is 20.7 Å². The van der Waals surface area contributed by atoms with Gasteiger partial charge in [-0.2, -0.15) is 0 Å². The monoisotopic (exact) mass is 396 g/mol. The Kier molecular flexibility index (Phi) is 9.02. The molecular weight excluding hydrogens is 364 g/mol. The van der Waals surface area contributed by atoms with E-state index in [-0.39, 0.29) is 11.8 Å². The Labute approximate surface area is 173 Å². The van der Waals surface area contributed by atoms with Gasteiger partial charge in [0.05, 0.1) is 13.7 Å². The second-order valence-corrected chi connectivity index (χ2v) is 6.90. The first-order chi connectivity index (χ1) is 14.0. The average molecular weight is 397 g/mol. The standard InChI is InChI=1S/C23H32N4O2/c1-5-17(3)22(28)27-20-9-7-8-19(14-20)16-26-23(24-6-2)25-15-18-10-12-21(29-4)13-11-18/h7-14,17H,5-6,15-16H2,1-4H3,(H,27,28)(H2,24,25,26). The number of nitrogens with one attached hydrogen (secondary N) is 3. The Balaban J connectivity index is 1.98. The van der Waals surface area contributed by atoms with Gasteiger partial charge in [-0.15, -0.1) is 0 Å². The molecule has 1 unspecified atom stereocenters. The van der Waals surface area contributed by atoms with Gasteiger partial charge in [-0.1, -0.05) is 38.1 Å². The van der Waals surface area contributed by atoms with Crippen LogP contribution in [0.4, 0.5) is 5.69 Å². The fraction of sp³-hybridized carbons (Fsp3) is 0.391. The minimum atomic E-state index is -0.000752. The number of amides is 1. The summed E-state index contributed by atoms with van der Waals surface area (Å²) in [6, 6.07) is 15.8. The fourth-order valence-corrected chi connectivity index (χ4v) is 2.64. The van der Waals surface area contributed by atoms with Crippen molar-refractivity contribution in [3.8, 4) is 5.75 Å². The molecule has 0 aliphatic rings. The van der Waals surface area contributed by atoms with E-state index in [9.17, 15) is 4.79 Å². The average Bonchev–Trinajstić information content (AvgIpc) is 2.75. The molecule has 1 amide bonds. The highest BCUT2D eigenvalue weighted by Gasteiger charge is 2.10. The van der Waals surface area contributed by atoms with Gasteiger partial charge in [0.15, 0.2) is 5.96 Å². The number of carbonyl (C=O) groups excluding carboxylic acids is 1. The van der Waals surface area contributed by atoms with E-state index in [0.29, 0.717) is 13.1 Å². The van der Waals surface area contributed by atoms with Crippen LogP contribution in [-0.2, 0) is 17.9 Å². The van der Waals surface area contributed by atoms with Gasteiger partial charge in [0.25, 0.3) is 0 Å². The number of benzene rings is 2. The quantitative estimate of drug-likeness (QED) is 0.443. The number of hydrogen-bond donors (Lipinski definition) is 3. The normalized spacial score (nSPS) is 12.2. The molecule has 3 N–H and O–H groups in total. The summed E-state index contributed by atoms with van der Waals surface area (Å²) >= 11 is 0. The van der Waals surface area contributed by atoms with Gasteiger partial charge in [-0.3, -0.25) is 4.79 Å². The highest BCUT2D eigenvalue weighted by molar-refractivity contribution is 5.92. The van der Waals surface area contributed by atoms with E-state index in [2.05, 4.69) is 20.9 Å². The maximum Gasteiger partial charge on any atom is 0.227 e. The molecule has 0 aromatic heterocycles. The summed E-state index contributed by atoms with van der Waals surface area (Å²) in [6.45, 7) is 7.94. The van der Waals surface area contributed by atoms with Crippen LogP contribution in [0.25, 0.3) is 0 Å². The molecule has 2 aromatic carbocycles. The van der Waals surface area contributed by atoms with Crippen molar-refractivity contribution in [2.75, 3.05) is 19.0 Å². The van der Waals surface area contributed by atoms with Crippen molar-refractivity contribution in [2.24, 2.45) is 10.9 Å². The Hall–Kier alpha value is -3.02. The zero-order valence-corrected chi connectivity index (χ0v) is 17.8. The zero-order valence-electron chi connectivity index (χ0n) is 17.8. The number of rotatable bonds is 9. The Morgan fingerprint density at radius 1 is 1.07 bits per heavy atom. The molecule has 0 saturated carbocycles. The van der Waals surface area contributed by atoms with Crippen LogP contribution < -0.4 is 20.7 Å². The number of nitrogens with zero attached hydrogens (tertiary/aromatic N) is 1. The van der Waals surface area contributed by atoms with Crippen LogP contribution in [0.15, 0.2) is 53.5 Å². The maximum absolute atomic E-state index is 12.1. The van der Waals surface area contributed by atoms with Crippen LogP contribution in [0.2, 0.25) is 0 Å². The molecule has 6 nitrogen and oxygen atoms in total. The maximum atomic E-state index is 12.1. The molecule has 1 atom stereocenters. The van der Waals surface area contributed by atoms with Crippen LogP contribution >= 0.6 is 0 Å². The Morgan fingerprint density at radius 2 is 1.83 bits per heavy atom. The van der Waals surface area contributed by atoms with Crippen molar-refractivity contribution >= 4 is 17.6 Å². The molecule has 0 aliphatic carbocycles. The molecule has 0 aliphatic heterocycles. The topological polar surface area (TPSA) is 74.8 Å². The molecule has 2 aromatic rings. The summed E-state index contributed by atoms with van der Waals surface area (Å²) in [4.78, 5) is 16.8. The minimum absolute atomic E-state index is 0.000752. The molecule has 0 saturated heterocycles. The molecule has 156 valence electrons. The number of hydrogen-bond acceptors (Lipinski definition) is 3. The number of aliphatic imine (C=N–C) groups is 1. The molecule has 0 radical (unpaired) electrons. The second-order valence-electron chi connectivity index (χ2n) is 6.90. The molecule has 6 heteroatoms. The molecule has 0 bridgehead atoms. The lowest BCUT2D eigenvalue weighted by molar-refractivity contribution is -0.119. The minimum Gasteiger partial charge on any atom is -0.497 e. The summed E-state index contributed by atoms with van der Waals surface area (Å²) in [7, 11) is 1.66. The highest BCUT2D eigenvalue weighted by atomic mass is 16.5. The van der Waals surface area contributed by atoms with E-state index in [1.807, 2.05) is 69.3 Å². The number of carbonyl (C=O) groups is 1. The molecule has 0 fully saturated rings. The summed E-state index contributed by atoms with van der Waals surface area (Å²) in [6.07, 6.45) is 0.821. The largest absolute Gasteiger partial charge is 0.497 e. The summed E-state index contributed by atoms with van der Waals surface area (Å²) in [5, 5.41) is 9.57. The van der Waals surface area contributed by atoms with E-state index in [1.165, 1.54) is 0 Å². The van der Waals surface area contributed by atoms with Gasteiger partial charge in [0.2, 0.25) is 5.91 Å². The van der Waals surface area contributed by atoms with Gasteiger partial charge in [-0.05, 0) is 48.7 Å². The Morgan fingerprint density at radius 3 is 2.48 bits per heavy atom. The van der Waals surface area contributed by atoms with Crippen molar-refractivity contribution in [1.82, 2.24) is 10.6 Å². The van der Waals surface area contributed by atoms with E-state index in [4.69, 9.17) is 4.74 Å². The van der Waals surface area contributed by atoms with Crippen molar-refractivity contribution < 1.29 is 9.53 Å². The van der Waals surface area contributed by atoms with E-state index >= 15 is 0 Å². The van der Waals surface area contributed by atoms with Crippen LogP contribution in [-0.4, -0.2) is 25.5 Å². The van der Waals surface area contributed by atoms with Crippen molar-refractivity contribution in [3.63, 3.8) is 0 Å². The van der Waals surface area contributed by atoms with E-state index in [1.54, 1.807) is 7.11 Å². The summed E-state index contributed by atoms with van der Waals surface area (Å²) in [5.41, 5.74) is 2.99. The van der Waals surface area contributed by atoms with Crippen LogP contribution in [0.1, 0.15) is 38.3 Å². The predicted molar refractivity (Wildman–Crippen MR) is 119 cm³/mol. The number of ether oxygens (including phenoxy) is 1. The first kappa shape index (κ1) is 22.3. The molecule has 29 heavy (non-hydrogen) atoms. The third-order valence-corrected chi connectivity index (χ3v) is 4.64. The van der Waals surface area contributed by atoms with Crippen LogP contribution in [0, 0.1) is 5.92 Å². The van der Waals surface area contributed by atoms with E-state index in [0.717, 1.165) is 41.5 Å². The first-order valence-electron chi connectivity index (χ1n) is 10.1. The number of methoxy groups -OCH3 is 1. The van der Waals surface area contributed by atoms with Crippen molar-refractivity contribution in [3.05, 3.63) is 59.7 Å². The Bertz CT molecular complexity index is 803. The first-order valence-corrected chi connectivity index (χ1v) is 10.1. The van der Waals surface area contributed by atoms with E-state index < -0.39 is 0 Å². The molecule has 0 heterocycles. The van der Waals surface area contributed by atoms with Gasteiger partial charge >= 0.3 is 0 Å². The SMILES string of the molecule is CCNC(=NCc1cccc(NC(=O)C(C)CC)c1)NCc1ccc(OC)cc1. The fourth-order valence-electron chi connectivity index (χ4n) is 2.64. The van der Waals surface area contributed by atoms with Crippen molar-refractivity contribution in [2.45, 2.75) is 40.3 Å². The lowest BCUT2D eigenvalue weighted by atomic mass is 10.1. The molecular formula is C23H32N4O2. The lowest BCUT2D eigenvalue weighted by Gasteiger charge is -2.13. The second kappa shape index (κ2) is 11.7.